The molecule has 5 rings (SSSR count). The Morgan fingerprint density at radius 2 is 1.91 bits per heavy atom. The van der Waals surface area contributed by atoms with Crippen LogP contribution in [-0.4, -0.2) is 41.7 Å². The van der Waals surface area contributed by atoms with Crippen LogP contribution >= 0.6 is 0 Å². The first kappa shape index (κ1) is 23.5. The van der Waals surface area contributed by atoms with Gasteiger partial charge in [-0.2, -0.15) is 13.2 Å². The molecule has 35 heavy (non-hydrogen) atoms. The topological polar surface area (TPSA) is 70.5 Å². The molecule has 6 nitrogen and oxygen atoms in total. The average molecular weight is 486 g/mol. The van der Waals surface area contributed by atoms with Crippen LogP contribution in [0.4, 0.5) is 13.2 Å². The molecule has 3 aromatic rings. The summed E-state index contributed by atoms with van der Waals surface area (Å²) in [4.78, 5) is 20.5. The molecule has 1 saturated heterocycles. The number of alkyl halides is 3. The number of hydrogen-bond acceptors (Lipinski definition) is 6. The monoisotopic (exact) mass is 486 g/mol. The quantitative estimate of drug-likeness (QED) is 0.450. The Bertz CT molecular complexity index is 1220. The van der Waals surface area contributed by atoms with Crippen LogP contribution in [0.15, 0.2) is 42.6 Å². The molecule has 0 radical (unpaired) electrons. The number of nitrogens with zero attached hydrogens (tertiary/aromatic N) is 2. The fraction of sp³-hybridized carbons (Fsp3) is 0.423. The average Bonchev–Trinajstić information content (AvgIpc) is 3.27. The van der Waals surface area contributed by atoms with Crippen LogP contribution in [0.2, 0.25) is 0 Å². The number of rotatable bonds is 6. The van der Waals surface area contributed by atoms with Gasteiger partial charge in [-0.1, -0.05) is 0 Å². The van der Waals surface area contributed by atoms with E-state index in [0.29, 0.717) is 68.0 Å². The van der Waals surface area contributed by atoms with Crippen LogP contribution in [-0.2, 0) is 15.7 Å². The van der Waals surface area contributed by atoms with Crippen molar-refractivity contribution >= 4 is 16.7 Å². The lowest BCUT2D eigenvalue weighted by Gasteiger charge is -2.25. The highest BCUT2D eigenvalue weighted by molar-refractivity contribution is 5.87. The summed E-state index contributed by atoms with van der Waals surface area (Å²) in [5.41, 5.74) is 0.310. The Kier molecular flexibility index (Phi) is 6.60. The minimum atomic E-state index is -4.60. The van der Waals surface area contributed by atoms with Gasteiger partial charge in [0.05, 0.1) is 42.0 Å². The molecule has 1 aromatic carbocycles. The number of Topliss-reactive ketones (excluding diaryl/α,β-unsaturated/α-hetero) is 1. The number of aromatic nitrogens is 2. The van der Waals surface area contributed by atoms with E-state index in [9.17, 15) is 18.0 Å². The predicted molar refractivity (Wildman–Crippen MR) is 122 cm³/mol. The zero-order valence-electron chi connectivity index (χ0n) is 19.0. The summed E-state index contributed by atoms with van der Waals surface area (Å²) in [5.74, 6) is 0.420. The van der Waals surface area contributed by atoms with Crippen molar-refractivity contribution in [2.24, 2.45) is 5.92 Å². The van der Waals surface area contributed by atoms with Crippen molar-refractivity contribution in [2.45, 2.75) is 44.4 Å². The van der Waals surface area contributed by atoms with Crippen molar-refractivity contribution < 1.29 is 32.2 Å². The third kappa shape index (κ3) is 5.40. The molecule has 9 heteroatoms. The lowest BCUT2D eigenvalue weighted by atomic mass is 10.0. The first-order valence-electron chi connectivity index (χ1n) is 11.7. The van der Waals surface area contributed by atoms with Gasteiger partial charge in [0, 0.05) is 43.4 Å². The van der Waals surface area contributed by atoms with Gasteiger partial charge in [0.2, 0.25) is 5.88 Å². The van der Waals surface area contributed by atoms with E-state index in [2.05, 4.69) is 9.97 Å². The van der Waals surface area contributed by atoms with Crippen molar-refractivity contribution in [2.75, 3.05) is 19.8 Å². The van der Waals surface area contributed by atoms with E-state index in [1.165, 1.54) is 6.07 Å². The lowest BCUT2D eigenvalue weighted by molar-refractivity contribution is -0.139. The Morgan fingerprint density at radius 3 is 2.66 bits per heavy atom. The number of benzene rings is 1. The molecule has 2 aliphatic rings. The van der Waals surface area contributed by atoms with E-state index in [0.717, 1.165) is 12.5 Å². The number of halogens is 3. The molecule has 2 aromatic heterocycles. The maximum atomic E-state index is 14.0. The Morgan fingerprint density at radius 1 is 1.09 bits per heavy atom. The molecule has 3 heterocycles. The number of fused-ring (bicyclic) bond motifs is 1. The highest BCUT2D eigenvalue weighted by Crippen LogP contribution is 2.40. The minimum Gasteiger partial charge on any atom is -0.490 e. The van der Waals surface area contributed by atoms with Gasteiger partial charge in [-0.15, -0.1) is 0 Å². The fourth-order valence-electron chi connectivity index (χ4n) is 4.52. The van der Waals surface area contributed by atoms with Gasteiger partial charge in [-0.25, -0.2) is 4.98 Å². The van der Waals surface area contributed by atoms with Crippen LogP contribution in [0.5, 0.6) is 11.6 Å². The normalized spacial score (nSPS) is 19.3. The molecule has 1 aliphatic carbocycles. The molecular weight excluding hydrogens is 461 g/mol. The highest BCUT2D eigenvalue weighted by atomic mass is 19.4. The largest absolute Gasteiger partial charge is 0.490 e. The number of hydrogen-bond donors (Lipinski definition) is 0. The van der Waals surface area contributed by atoms with E-state index in [1.807, 2.05) is 0 Å². The molecule has 0 amide bonds. The second-order valence-corrected chi connectivity index (χ2v) is 8.98. The zero-order valence-corrected chi connectivity index (χ0v) is 19.0. The molecule has 1 saturated carbocycles. The number of carbonyl (C=O) groups excluding carboxylic acids is 1. The molecule has 0 unspecified atom stereocenters. The summed E-state index contributed by atoms with van der Waals surface area (Å²) in [6, 6.07) is 9.18. The van der Waals surface area contributed by atoms with Gasteiger partial charge in [0.1, 0.15) is 17.6 Å². The molecular formula is C26H25F3N2O4. The third-order valence-electron chi connectivity index (χ3n) is 6.41. The SMILES string of the molecule is O=C1CC[C@H](COc2nc(-c3ccc(OC4CCOCC4)c(C(F)(F)F)c3)cc3ncccc23)C1. The molecule has 2 fully saturated rings. The highest BCUT2D eigenvalue weighted by Gasteiger charge is 2.36. The number of ether oxygens (including phenoxy) is 3. The number of ketones is 1. The molecule has 1 aliphatic heterocycles. The van der Waals surface area contributed by atoms with Crippen LogP contribution in [0.25, 0.3) is 22.2 Å². The first-order chi connectivity index (χ1) is 16.9. The fourth-order valence-corrected chi connectivity index (χ4v) is 4.52. The molecule has 184 valence electrons. The smallest absolute Gasteiger partial charge is 0.419 e. The Hall–Kier alpha value is -3.20. The van der Waals surface area contributed by atoms with Gasteiger partial charge >= 0.3 is 6.18 Å². The molecule has 1 atom stereocenters. The van der Waals surface area contributed by atoms with E-state index in [4.69, 9.17) is 14.2 Å². The predicted octanol–water partition coefficient (Wildman–Crippen LogP) is 5.62. The van der Waals surface area contributed by atoms with Gasteiger partial charge < -0.3 is 14.2 Å². The van der Waals surface area contributed by atoms with Crippen LogP contribution in [0, 0.1) is 5.92 Å². The van der Waals surface area contributed by atoms with E-state index >= 15 is 0 Å². The van der Waals surface area contributed by atoms with Crippen molar-refractivity contribution in [3.63, 3.8) is 0 Å². The van der Waals surface area contributed by atoms with Crippen LogP contribution < -0.4 is 9.47 Å². The lowest BCUT2D eigenvalue weighted by Crippen LogP contribution is -2.26. The second-order valence-electron chi connectivity index (χ2n) is 8.98. The third-order valence-corrected chi connectivity index (χ3v) is 6.41. The molecule has 0 N–H and O–H groups in total. The summed E-state index contributed by atoms with van der Waals surface area (Å²) in [6.45, 7) is 1.25. The van der Waals surface area contributed by atoms with E-state index in [-0.39, 0.29) is 29.1 Å². The standard InChI is InChI=1S/C26H25F3N2O4/c27-26(28,29)21-13-17(4-6-24(21)35-19-7-10-33-11-8-19)22-14-23-20(2-1-9-30-23)25(31-22)34-15-16-3-5-18(32)12-16/h1-2,4,6,9,13-14,16,19H,3,5,7-8,10-12,15H2/t16-/m0/s1. The maximum absolute atomic E-state index is 14.0. The Labute approximate surface area is 200 Å². The van der Waals surface area contributed by atoms with Crippen molar-refractivity contribution in [3.05, 3.63) is 48.2 Å². The minimum absolute atomic E-state index is 0.109. The zero-order chi connectivity index (χ0) is 24.4. The van der Waals surface area contributed by atoms with Crippen molar-refractivity contribution in [3.8, 4) is 22.9 Å². The molecule has 0 bridgehead atoms. The van der Waals surface area contributed by atoms with Gasteiger partial charge in [-0.05, 0) is 42.8 Å². The van der Waals surface area contributed by atoms with Gasteiger partial charge in [-0.3, -0.25) is 9.78 Å². The summed E-state index contributed by atoms with van der Waals surface area (Å²) in [6.07, 6.45) is -0.434. The summed E-state index contributed by atoms with van der Waals surface area (Å²) < 4.78 is 58.9. The van der Waals surface area contributed by atoms with E-state index in [1.54, 1.807) is 30.5 Å². The van der Waals surface area contributed by atoms with Crippen LogP contribution in [0.3, 0.4) is 0 Å². The summed E-state index contributed by atoms with van der Waals surface area (Å²) >= 11 is 0. The van der Waals surface area contributed by atoms with Gasteiger partial charge in [0.25, 0.3) is 0 Å². The number of pyridine rings is 2. The summed E-state index contributed by atoms with van der Waals surface area (Å²) in [7, 11) is 0. The van der Waals surface area contributed by atoms with Crippen molar-refractivity contribution in [1.82, 2.24) is 9.97 Å². The Balaban J connectivity index is 1.48. The maximum Gasteiger partial charge on any atom is 0.419 e. The first-order valence-corrected chi connectivity index (χ1v) is 11.7. The van der Waals surface area contributed by atoms with Crippen molar-refractivity contribution in [1.29, 1.82) is 0 Å². The van der Waals surface area contributed by atoms with E-state index < -0.39 is 11.7 Å². The van der Waals surface area contributed by atoms with Crippen LogP contribution in [0.1, 0.15) is 37.7 Å². The number of carbonyl (C=O) groups is 1. The summed E-state index contributed by atoms with van der Waals surface area (Å²) in [5, 5.41) is 0.663. The molecule has 0 spiro atoms. The van der Waals surface area contributed by atoms with Gasteiger partial charge in [0.15, 0.2) is 0 Å². The second kappa shape index (κ2) is 9.81.